The van der Waals surface area contributed by atoms with Gasteiger partial charge in [0.1, 0.15) is 0 Å². The van der Waals surface area contributed by atoms with Crippen LogP contribution in [0.1, 0.15) is 21.5 Å². The van der Waals surface area contributed by atoms with Crippen LogP contribution in [0.4, 0.5) is 0 Å². The molecule has 0 fully saturated rings. The maximum absolute atomic E-state index is 12.5. The smallest absolute Gasteiger partial charge is 0.167 e. The van der Waals surface area contributed by atoms with Crippen molar-refractivity contribution in [1.29, 1.82) is 5.26 Å². The first-order valence-corrected chi connectivity index (χ1v) is 6.78. The van der Waals surface area contributed by atoms with E-state index in [1.807, 2.05) is 54.6 Å². The van der Waals surface area contributed by atoms with E-state index < -0.39 is 0 Å². The quantitative estimate of drug-likeness (QED) is 0.672. The number of carbonyl (C=O) groups excluding carboxylic acids is 1. The molecule has 0 aliphatic heterocycles. The molecule has 3 aromatic rings. The van der Waals surface area contributed by atoms with Crippen LogP contribution in [0.15, 0.2) is 66.7 Å². The topological polar surface area (TPSA) is 40.9 Å². The fraction of sp³-hybridized carbons (Fsp3) is 0.0526. The molecule has 0 aliphatic carbocycles. The van der Waals surface area contributed by atoms with Gasteiger partial charge in [0.05, 0.1) is 11.6 Å². The first kappa shape index (κ1) is 13.1. The van der Waals surface area contributed by atoms with Crippen molar-refractivity contribution in [2.75, 3.05) is 0 Å². The lowest BCUT2D eigenvalue weighted by Gasteiger charge is -2.06. The lowest BCUT2D eigenvalue weighted by Crippen LogP contribution is -2.04. The van der Waals surface area contributed by atoms with Crippen molar-refractivity contribution < 1.29 is 4.79 Å². The number of nitrogens with zero attached hydrogens (tertiary/aromatic N) is 1. The van der Waals surface area contributed by atoms with Gasteiger partial charge in [0, 0.05) is 12.0 Å². The summed E-state index contributed by atoms with van der Waals surface area (Å²) in [7, 11) is 0. The van der Waals surface area contributed by atoms with E-state index in [-0.39, 0.29) is 5.78 Å². The molecule has 0 atom stereocenters. The Kier molecular flexibility index (Phi) is 3.49. The highest BCUT2D eigenvalue weighted by molar-refractivity contribution is 6.08. The maximum atomic E-state index is 12.5. The molecule has 0 N–H and O–H groups in total. The van der Waals surface area contributed by atoms with E-state index in [0.29, 0.717) is 12.0 Å². The second-order valence-electron chi connectivity index (χ2n) is 4.94. The van der Waals surface area contributed by atoms with Crippen LogP contribution in [-0.2, 0) is 6.42 Å². The van der Waals surface area contributed by atoms with E-state index in [1.165, 1.54) is 0 Å². The molecule has 0 aliphatic rings. The largest absolute Gasteiger partial charge is 0.294 e. The van der Waals surface area contributed by atoms with Crippen LogP contribution in [0.25, 0.3) is 10.8 Å². The Labute approximate surface area is 123 Å². The average molecular weight is 271 g/mol. The highest BCUT2D eigenvalue weighted by atomic mass is 16.1. The Hall–Kier alpha value is -2.92. The van der Waals surface area contributed by atoms with Gasteiger partial charge in [-0.25, -0.2) is 0 Å². The number of carbonyl (C=O) groups is 1. The Balaban J connectivity index is 1.92. The van der Waals surface area contributed by atoms with Crippen molar-refractivity contribution in [2.45, 2.75) is 6.42 Å². The van der Waals surface area contributed by atoms with Crippen molar-refractivity contribution >= 4 is 16.6 Å². The Morgan fingerprint density at radius 1 is 0.905 bits per heavy atom. The molecule has 100 valence electrons. The SMILES string of the molecule is N#Cc1ccc(CC(=O)c2cccc3ccccc23)cc1. The number of nitriles is 1. The van der Waals surface area contributed by atoms with E-state index >= 15 is 0 Å². The zero-order valence-electron chi connectivity index (χ0n) is 11.4. The summed E-state index contributed by atoms with van der Waals surface area (Å²) in [5, 5.41) is 10.8. The van der Waals surface area contributed by atoms with Gasteiger partial charge in [-0.15, -0.1) is 0 Å². The van der Waals surface area contributed by atoms with Gasteiger partial charge in [-0.1, -0.05) is 54.6 Å². The van der Waals surface area contributed by atoms with Crippen LogP contribution in [0.3, 0.4) is 0 Å². The van der Waals surface area contributed by atoms with Crippen LogP contribution >= 0.6 is 0 Å². The third-order valence-corrected chi connectivity index (χ3v) is 3.54. The van der Waals surface area contributed by atoms with Crippen molar-refractivity contribution in [3.63, 3.8) is 0 Å². The minimum atomic E-state index is 0.0940. The molecule has 0 bridgehead atoms. The lowest BCUT2D eigenvalue weighted by molar-refractivity contribution is 0.0994. The molecule has 0 unspecified atom stereocenters. The van der Waals surface area contributed by atoms with Crippen LogP contribution in [0.5, 0.6) is 0 Å². The number of rotatable bonds is 3. The number of hydrogen-bond acceptors (Lipinski definition) is 2. The molecule has 0 amide bonds. The van der Waals surface area contributed by atoms with Crippen LogP contribution in [-0.4, -0.2) is 5.78 Å². The molecule has 0 aromatic heterocycles. The molecule has 3 rings (SSSR count). The Morgan fingerprint density at radius 2 is 1.62 bits per heavy atom. The van der Waals surface area contributed by atoms with Gasteiger partial charge >= 0.3 is 0 Å². The summed E-state index contributed by atoms with van der Waals surface area (Å²) < 4.78 is 0. The van der Waals surface area contributed by atoms with E-state index in [4.69, 9.17) is 5.26 Å². The van der Waals surface area contributed by atoms with Crippen LogP contribution in [0.2, 0.25) is 0 Å². The summed E-state index contributed by atoms with van der Waals surface area (Å²) in [5.74, 6) is 0.0940. The summed E-state index contributed by atoms with van der Waals surface area (Å²) in [6.45, 7) is 0. The van der Waals surface area contributed by atoms with E-state index in [0.717, 1.165) is 21.9 Å². The lowest BCUT2D eigenvalue weighted by atomic mass is 9.97. The highest BCUT2D eigenvalue weighted by Crippen LogP contribution is 2.20. The predicted molar refractivity (Wildman–Crippen MR) is 83.1 cm³/mol. The fourth-order valence-corrected chi connectivity index (χ4v) is 2.45. The van der Waals surface area contributed by atoms with E-state index in [1.54, 1.807) is 12.1 Å². The fourth-order valence-electron chi connectivity index (χ4n) is 2.45. The second-order valence-corrected chi connectivity index (χ2v) is 4.94. The number of Topliss-reactive ketones (excluding diaryl/α,β-unsaturated/α-hetero) is 1. The average Bonchev–Trinajstić information content (AvgIpc) is 2.55. The molecule has 0 spiro atoms. The van der Waals surface area contributed by atoms with Gasteiger partial charge in [-0.05, 0) is 28.5 Å². The third kappa shape index (κ3) is 2.68. The van der Waals surface area contributed by atoms with Crippen molar-refractivity contribution in [3.8, 4) is 6.07 Å². The highest BCUT2D eigenvalue weighted by Gasteiger charge is 2.10. The normalized spacial score (nSPS) is 10.2. The standard InChI is InChI=1S/C19H13NO/c20-13-15-10-8-14(9-11-15)12-19(21)18-7-3-5-16-4-1-2-6-17(16)18/h1-11H,12H2. The molecular formula is C19H13NO. The molecule has 0 saturated heterocycles. The second kappa shape index (κ2) is 5.60. The van der Waals surface area contributed by atoms with E-state index in [9.17, 15) is 4.79 Å². The number of fused-ring (bicyclic) bond motifs is 1. The molecule has 0 radical (unpaired) electrons. The predicted octanol–water partition coefficient (Wildman–Crippen LogP) is 4.14. The maximum Gasteiger partial charge on any atom is 0.167 e. The van der Waals surface area contributed by atoms with E-state index in [2.05, 4.69) is 6.07 Å². The summed E-state index contributed by atoms with van der Waals surface area (Å²) >= 11 is 0. The first-order chi connectivity index (χ1) is 10.3. The van der Waals surface area contributed by atoms with Crippen molar-refractivity contribution in [1.82, 2.24) is 0 Å². The van der Waals surface area contributed by atoms with Gasteiger partial charge in [0.2, 0.25) is 0 Å². The van der Waals surface area contributed by atoms with Crippen LogP contribution < -0.4 is 0 Å². The molecule has 0 heterocycles. The van der Waals surface area contributed by atoms with Gasteiger partial charge in [-0.2, -0.15) is 5.26 Å². The van der Waals surface area contributed by atoms with Crippen molar-refractivity contribution in [2.24, 2.45) is 0 Å². The molecule has 2 nitrogen and oxygen atoms in total. The van der Waals surface area contributed by atoms with Gasteiger partial charge < -0.3 is 0 Å². The number of ketones is 1. The minimum Gasteiger partial charge on any atom is -0.294 e. The summed E-state index contributed by atoms with van der Waals surface area (Å²) in [6, 6.07) is 22.9. The Morgan fingerprint density at radius 3 is 2.38 bits per heavy atom. The van der Waals surface area contributed by atoms with Crippen molar-refractivity contribution in [3.05, 3.63) is 83.4 Å². The van der Waals surface area contributed by atoms with Gasteiger partial charge in [-0.3, -0.25) is 4.79 Å². The minimum absolute atomic E-state index is 0.0940. The van der Waals surface area contributed by atoms with Gasteiger partial charge in [0.25, 0.3) is 0 Å². The first-order valence-electron chi connectivity index (χ1n) is 6.78. The summed E-state index contributed by atoms with van der Waals surface area (Å²) in [5.41, 5.74) is 2.28. The molecular weight excluding hydrogens is 258 g/mol. The molecule has 0 saturated carbocycles. The molecule has 21 heavy (non-hydrogen) atoms. The molecule has 2 heteroatoms. The van der Waals surface area contributed by atoms with Gasteiger partial charge in [0.15, 0.2) is 5.78 Å². The number of hydrogen-bond donors (Lipinski definition) is 0. The summed E-state index contributed by atoms with van der Waals surface area (Å²) in [4.78, 5) is 12.5. The summed E-state index contributed by atoms with van der Waals surface area (Å²) in [6.07, 6.45) is 0.347. The third-order valence-electron chi connectivity index (χ3n) is 3.54. The number of benzene rings is 3. The monoisotopic (exact) mass is 271 g/mol. The zero-order valence-corrected chi connectivity index (χ0v) is 11.4. The Bertz CT molecular complexity index is 836. The van der Waals surface area contributed by atoms with Crippen LogP contribution in [0, 0.1) is 11.3 Å². The molecule has 3 aromatic carbocycles. The zero-order chi connectivity index (χ0) is 14.7.